The van der Waals surface area contributed by atoms with E-state index in [0.717, 1.165) is 49.1 Å². The Labute approximate surface area is 527 Å². The summed E-state index contributed by atoms with van der Waals surface area (Å²) in [7, 11) is 0. The first-order valence-electron chi connectivity index (χ1n) is 28.0. The molecule has 0 unspecified atom stereocenters. The van der Waals surface area contributed by atoms with Crippen LogP contribution in [0.25, 0.3) is 60.5 Å². The van der Waals surface area contributed by atoms with Gasteiger partial charge in [-0.1, -0.05) is 104 Å². The number of fused-ring (bicyclic) bond motifs is 6. The fraction of sp³-hybridized carbons (Fsp3) is 0.294. The summed E-state index contributed by atoms with van der Waals surface area (Å²) in [5.41, 5.74) is 1.89. The minimum atomic E-state index is -1.14. The normalized spacial score (nSPS) is 10.1. The summed E-state index contributed by atoms with van der Waals surface area (Å²) < 4.78 is 172. The summed E-state index contributed by atoms with van der Waals surface area (Å²) in [6.07, 6.45) is 0. The second-order valence-corrected chi connectivity index (χ2v) is 23.1. The zero-order chi connectivity index (χ0) is 66.8. The van der Waals surface area contributed by atoms with Crippen LogP contribution in [-0.4, -0.2) is 0 Å². The molecule has 0 aliphatic carbocycles. The summed E-state index contributed by atoms with van der Waals surface area (Å²) in [5, 5.41) is 13.4. The smallest absolute Gasteiger partial charge is 0.177 e. The second kappa shape index (κ2) is 38.6. The van der Waals surface area contributed by atoms with Gasteiger partial charge in [-0.2, -0.15) is 0 Å². The molecule has 6 aromatic carbocycles. The van der Waals surface area contributed by atoms with Gasteiger partial charge in [-0.15, -0.1) is 68.0 Å². The van der Waals surface area contributed by atoms with Gasteiger partial charge in [0.05, 0.1) is 28.2 Å². The summed E-state index contributed by atoms with van der Waals surface area (Å²) in [5.74, 6) is -9.19. The molecule has 19 heteroatoms. The van der Waals surface area contributed by atoms with Crippen LogP contribution in [0.4, 0.5) is 57.1 Å². The van der Waals surface area contributed by atoms with Gasteiger partial charge >= 0.3 is 0 Å². The van der Waals surface area contributed by atoms with Crippen LogP contribution < -0.4 is 0 Å². The molecule has 87 heavy (non-hydrogen) atoms. The number of rotatable bonds is 0. The average molecular weight is 1330 g/mol. The third-order valence-corrected chi connectivity index (χ3v) is 16.8. The fourth-order valence-electron chi connectivity index (χ4n) is 7.27. The molecule has 12 rings (SSSR count). The van der Waals surface area contributed by atoms with E-state index in [2.05, 4.69) is 26.8 Å². The average Bonchev–Trinajstić information content (AvgIpc) is 2.92. The van der Waals surface area contributed by atoms with Gasteiger partial charge in [0.15, 0.2) is 46.5 Å². The van der Waals surface area contributed by atoms with E-state index in [1.54, 1.807) is 73.3 Å². The molecule has 0 saturated heterocycles. The monoisotopic (exact) mass is 1330 g/mol. The minimum absolute atomic E-state index is 0.0109. The third-order valence-electron chi connectivity index (χ3n) is 11.3. The molecule has 0 amide bonds. The van der Waals surface area contributed by atoms with Crippen molar-refractivity contribution in [3.05, 3.63) is 209 Å². The summed E-state index contributed by atoms with van der Waals surface area (Å²) in [6.45, 7) is 36.2. The van der Waals surface area contributed by atoms with Crippen molar-refractivity contribution in [3.63, 3.8) is 0 Å². The van der Waals surface area contributed by atoms with E-state index in [-0.39, 0.29) is 48.6 Å². The van der Waals surface area contributed by atoms with Crippen molar-refractivity contribution in [2.75, 3.05) is 0 Å². The predicted molar refractivity (Wildman–Crippen MR) is 356 cm³/mol. The predicted octanol–water partition coefficient (Wildman–Crippen LogP) is 27.9. The number of halogens is 13. The second-order valence-electron chi connectivity index (χ2n) is 17.6. The molecular formula is C68H75F13S6. The zero-order valence-electron chi connectivity index (χ0n) is 52.3. The number of hydrogen-bond acceptors (Lipinski definition) is 6. The maximum absolute atomic E-state index is 13.6. The van der Waals surface area contributed by atoms with E-state index in [9.17, 15) is 57.1 Å². The van der Waals surface area contributed by atoms with Crippen LogP contribution >= 0.6 is 68.0 Å². The minimum Gasteiger partial charge on any atom is -0.206 e. The van der Waals surface area contributed by atoms with Gasteiger partial charge in [0.25, 0.3) is 0 Å². The van der Waals surface area contributed by atoms with Gasteiger partial charge in [-0.05, 0) is 171 Å². The molecule has 0 atom stereocenters. The highest BCUT2D eigenvalue weighted by molar-refractivity contribution is 7.18. The van der Waals surface area contributed by atoms with Crippen LogP contribution in [-0.2, 0) is 5.41 Å². The van der Waals surface area contributed by atoms with E-state index in [4.69, 9.17) is 0 Å². The van der Waals surface area contributed by atoms with Crippen LogP contribution in [0.5, 0.6) is 0 Å². The third kappa shape index (κ3) is 20.1. The molecule has 474 valence electrons. The largest absolute Gasteiger partial charge is 0.206 e. The van der Waals surface area contributed by atoms with Crippen LogP contribution in [0.1, 0.15) is 132 Å². The summed E-state index contributed by atoms with van der Waals surface area (Å²) in [4.78, 5) is 0. The summed E-state index contributed by atoms with van der Waals surface area (Å²) >= 11 is 7.11. The van der Waals surface area contributed by atoms with Crippen LogP contribution in [0.15, 0.2) is 105 Å². The summed E-state index contributed by atoms with van der Waals surface area (Å²) in [6, 6.07) is 18.9. The van der Waals surface area contributed by atoms with Crippen molar-refractivity contribution < 1.29 is 57.1 Å². The first-order chi connectivity index (χ1) is 41.4. The maximum Gasteiger partial charge on any atom is 0.177 e. The van der Waals surface area contributed by atoms with E-state index in [0.29, 0.717) is 42.2 Å². The lowest BCUT2D eigenvalue weighted by Gasteiger charge is -2.19. The van der Waals surface area contributed by atoms with E-state index < -0.39 is 58.2 Å². The lowest BCUT2D eigenvalue weighted by molar-refractivity contribution is 0.498. The highest BCUT2D eigenvalue weighted by atomic mass is 32.1. The Morgan fingerprint density at radius 2 is 0.598 bits per heavy atom. The molecule has 12 aromatic rings. The highest BCUT2D eigenvalue weighted by Crippen LogP contribution is 2.34. The molecule has 0 aliphatic rings. The molecule has 0 aliphatic heterocycles. The Bertz CT molecular complexity index is 3790. The fourth-order valence-corrected chi connectivity index (χ4v) is 12.1. The molecule has 6 heterocycles. The lowest BCUT2D eigenvalue weighted by Crippen LogP contribution is -2.11. The van der Waals surface area contributed by atoms with Crippen molar-refractivity contribution in [1.82, 2.24) is 0 Å². The molecule has 0 fully saturated rings. The van der Waals surface area contributed by atoms with E-state index in [1.165, 1.54) is 81.2 Å². The number of thiophene rings is 6. The SMILES string of the molecule is CC.CC.CC.CC.CC.CC.CC(C)(C)c1cc(F)c2sccc2c1.Cc1c(F)c(F)c2sccc2c1F.Cc1cc(F)c2sccc2c1F.Cc1cc2ccsc2c(F)c1F.Cc1cc2ccsc2c(F)c1F.Fc1cc(F)c2ccsc2c1F. The quantitative estimate of drug-likeness (QED) is 0.105. The molecule has 0 nitrogen and oxygen atoms in total. The van der Waals surface area contributed by atoms with Gasteiger partial charge in [-0.25, -0.2) is 57.1 Å². The number of aryl methyl sites for hydroxylation is 3. The molecule has 0 N–H and O–H groups in total. The van der Waals surface area contributed by atoms with E-state index in [1.807, 2.05) is 94.5 Å². The molecule has 0 radical (unpaired) electrons. The van der Waals surface area contributed by atoms with Crippen LogP contribution in [0.2, 0.25) is 0 Å². The Kier molecular flexibility index (Phi) is 35.1. The molecular weight excluding hydrogens is 1260 g/mol. The first kappa shape index (κ1) is 79.2. The van der Waals surface area contributed by atoms with Crippen molar-refractivity contribution in [3.8, 4) is 0 Å². The van der Waals surface area contributed by atoms with Crippen molar-refractivity contribution in [1.29, 1.82) is 0 Å². The van der Waals surface area contributed by atoms with Gasteiger partial charge in [0.1, 0.15) is 29.1 Å². The Morgan fingerprint density at radius 1 is 0.264 bits per heavy atom. The Hall–Kier alpha value is -5.83. The zero-order valence-corrected chi connectivity index (χ0v) is 57.2. The molecule has 6 aromatic heterocycles. The lowest BCUT2D eigenvalue weighted by atomic mass is 9.86. The van der Waals surface area contributed by atoms with Gasteiger partial charge in [-0.3, -0.25) is 0 Å². The van der Waals surface area contributed by atoms with Crippen molar-refractivity contribution >= 4 is 129 Å². The Balaban J connectivity index is 0.000000504. The molecule has 0 bridgehead atoms. The van der Waals surface area contributed by atoms with Gasteiger partial charge in [0, 0.05) is 27.8 Å². The Morgan fingerprint density at radius 3 is 1.05 bits per heavy atom. The maximum atomic E-state index is 13.6. The molecule has 0 saturated carbocycles. The highest BCUT2D eigenvalue weighted by Gasteiger charge is 2.19. The van der Waals surface area contributed by atoms with Crippen LogP contribution in [0.3, 0.4) is 0 Å². The topological polar surface area (TPSA) is 0 Å². The van der Waals surface area contributed by atoms with Gasteiger partial charge in [0.2, 0.25) is 0 Å². The van der Waals surface area contributed by atoms with E-state index >= 15 is 0 Å². The van der Waals surface area contributed by atoms with Crippen molar-refractivity contribution in [2.45, 2.75) is 137 Å². The number of hydrogen-bond donors (Lipinski definition) is 0. The first-order valence-corrected chi connectivity index (χ1v) is 33.3. The van der Waals surface area contributed by atoms with Crippen molar-refractivity contribution in [2.24, 2.45) is 0 Å². The van der Waals surface area contributed by atoms with Crippen LogP contribution in [0, 0.1) is 103 Å². The van der Waals surface area contributed by atoms with Gasteiger partial charge < -0.3 is 0 Å². The standard InChI is InChI=1S/C12H13FS.C9H5F3S.3C9H6F2S.C8H3F3S.6C2H6/c1-12(2,3)9-6-8-4-5-14-11(8)10(13)7-9;1-4-6(10)5-2-3-13-9(5)8(12)7(4)11;1-5-4-7(10)9-6(8(5)11)2-3-12-9;2*1-5-4-6-2-3-12-9(6)8(11)7(5)10;9-5-3-6(10)7(11)8-4(5)1-2-12-8;6*1-2/h4-7H,1-3H3;2-3H,1H3;3*2-4H,1H3;1-3H;6*1-2H3. The number of benzene rings is 6. The molecule has 0 spiro atoms.